The van der Waals surface area contributed by atoms with Gasteiger partial charge >= 0.3 is 0 Å². The van der Waals surface area contributed by atoms with Crippen molar-refractivity contribution in [1.82, 2.24) is 14.1 Å². The first-order valence-corrected chi connectivity index (χ1v) is 4.17. The lowest BCUT2D eigenvalue weighted by atomic mass is 10.1. The Kier molecular flexibility index (Phi) is 3.19. The van der Waals surface area contributed by atoms with E-state index in [0.717, 1.165) is 12.1 Å². The molecule has 0 amide bonds. The second-order valence-electron chi connectivity index (χ2n) is 2.20. The molecule has 1 heterocycles. The molecule has 0 aliphatic carbocycles. The molecule has 60 valence electrons. The van der Waals surface area contributed by atoms with E-state index < -0.39 is 0 Å². The van der Waals surface area contributed by atoms with Gasteiger partial charge in [0.15, 0.2) is 0 Å². The molecule has 0 fully saturated rings. The van der Waals surface area contributed by atoms with Crippen molar-refractivity contribution in [3.05, 3.63) is 24.5 Å². The van der Waals surface area contributed by atoms with Crippen LogP contribution in [0.2, 0.25) is 0 Å². The first-order chi connectivity index (χ1) is 5.38. The fourth-order valence-electron chi connectivity index (χ4n) is 0.879. The minimum Gasteiger partial charge on any atom is -0.311 e. The van der Waals surface area contributed by atoms with E-state index in [9.17, 15) is 0 Å². The summed E-state index contributed by atoms with van der Waals surface area (Å²) in [6, 6.07) is 0.270. The van der Waals surface area contributed by atoms with Gasteiger partial charge in [-0.15, -0.1) is 6.58 Å². The number of rotatable bonds is 4. The average Bonchev–Trinajstić information content (AvgIpc) is 2.52. The molecule has 0 bridgehead atoms. The molecule has 0 aliphatic rings. The number of aromatic nitrogens is 2. The van der Waals surface area contributed by atoms with E-state index in [1.54, 1.807) is 6.20 Å². The van der Waals surface area contributed by atoms with Crippen molar-refractivity contribution in [3.63, 3.8) is 0 Å². The van der Waals surface area contributed by atoms with Crippen LogP contribution in [0.5, 0.6) is 0 Å². The zero-order valence-corrected chi connectivity index (χ0v) is 7.27. The Labute approximate surface area is 70.5 Å². The normalized spacial score (nSPS) is 12.8. The molecule has 1 aromatic heterocycles. The predicted molar refractivity (Wildman–Crippen MR) is 46.5 cm³/mol. The van der Waals surface area contributed by atoms with Crippen LogP contribution in [0.25, 0.3) is 0 Å². The van der Waals surface area contributed by atoms with Crippen LogP contribution in [0.15, 0.2) is 18.9 Å². The van der Waals surface area contributed by atoms with Crippen LogP contribution in [0.3, 0.4) is 0 Å². The van der Waals surface area contributed by atoms with E-state index in [-0.39, 0.29) is 6.04 Å². The van der Waals surface area contributed by atoms with E-state index in [4.69, 9.17) is 0 Å². The van der Waals surface area contributed by atoms with Crippen molar-refractivity contribution in [2.75, 3.05) is 7.05 Å². The highest BCUT2D eigenvalue weighted by Gasteiger charge is 2.08. The average molecular weight is 169 g/mol. The number of nitrogens with one attached hydrogen (secondary N) is 1. The molecule has 0 saturated carbocycles. The lowest BCUT2D eigenvalue weighted by Crippen LogP contribution is -2.15. The van der Waals surface area contributed by atoms with Crippen LogP contribution in [0.1, 0.15) is 18.2 Å². The molecular formula is C7H11N3S. The van der Waals surface area contributed by atoms with E-state index in [2.05, 4.69) is 20.6 Å². The SMILES string of the molecule is C=CCC(NC)c1cnsn1. The molecule has 0 aliphatic heterocycles. The van der Waals surface area contributed by atoms with Gasteiger partial charge in [0.2, 0.25) is 0 Å². The van der Waals surface area contributed by atoms with E-state index in [1.165, 1.54) is 11.7 Å². The largest absolute Gasteiger partial charge is 0.311 e. The molecule has 1 rings (SSSR count). The molecule has 11 heavy (non-hydrogen) atoms. The molecular weight excluding hydrogens is 158 g/mol. The molecule has 3 nitrogen and oxygen atoms in total. The molecule has 1 atom stereocenters. The standard InChI is InChI=1S/C7H11N3S/c1-3-4-6(8-2)7-5-9-11-10-7/h3,5-6,8H,1,4H2,2H3. The summed E-state index contributed by atoms with van der Waals surface area (Å²) in [5.74, 6) is 0. The fourth-order valence-corrected chi connectivity index (χ4v) is 1.35. The van der Waals surface area contributed by atoms with Gasteiger partial charge in [0.1, 0.15) is 0 Å². The summed E-state index contributed by atoms with van der Waals surface area (Å²) in [7, 11) is 1.91. The van der Waals surface area contributed by atoms with Gasteiger partial charge in [0.05, 0.1) is 29.7 Å². The van der Waals surface area contributed by atoms with Gasteiger partial charge in [-0.25, -0.2) is 0 Å². The Bertz CT molecular complexity index is 207. The van der Waals surface area contributed by atoms with Crippen LogP contribution in [-0.4, -0.2) is 15.8 Å². The van der Waals surface area contributed by atoms with Gasteiger partial charge in [-0.2, -0.15) is 8.75 Å². The molecule has 0 spiro atoms. The van der Waals surface area contributed by atoms with Crippen molar-refractivity contribution in [2.45, 2.75) is 12.5 Å². The topological polar surface area (TPSA) is 37.8 Å². The van der Waals surface area contributed by atoms with Crippen LogP contribution >= 0.6 is 11.7 Å². The summed E-state index contributed by atoms with van der Waals surface area (Å²) >= 11 is 1.23. The zero-order valence-electron chi connectivity index (χ0n) is 6.45. The van der Waals surface area contributed by atoms with Crippen LogP contribution in [-0.2, 0) is 0 Å². The van der Waals surface area contributed by atoms with Gasteiger partial charge in [-0.1, -0.05) is 6.08 Å². The van der Waals surface area contributed by atoms with Crippen LogP contribution in [0, 0.1) is 0 Å². The molecule has 0 radical (unpaired) electrons. The third-order valence-electron chi connectivity index (χ3n) is 1.49. The summed E-state index contributed by atoms with van der Waals surface area (Å²) in [6.07, 6.45) is 4.55. The highest BCUT2D eigenvalue weighted by molar-refractivity contribution is 6.99. The molecule has 4 heteroatoms. The van der Waals surface area contributed by atoms with Crippen molar-refractivity contribution >= 4 is 11.7 Å². The first-order valence-electron chi connectivity index (χ1n) is 3.44. The van der Waals surface area contributed by atoms with Crippen LogP contribution in [0.4, 0.5) is 0 Å². The highest BCUT2D eigenvalue weighted by Crippen LogP contribution is 2.13. The van der Waals surface area contributed by atoms with Gasteiger partial charge in [-0.3, -0.25) is 0 Å². The molecule has 1 aromatic rings. The summed E-state index contributed by atoms with van der Waals surface area (Å²) in [4.78, 5) is 0. The van der Waals surface area contributed by atoms with Crippen LogP contribution < -0.4 is 5.32 Å². The van der Waals surface area contributed by atoms with Crippen molar-refractivity contribution in [1.29, 1.82) is 0 Å². The molecule has 0 saturated heterocycles. The third kappa shape index (κ3) is 2.10. The van der Waals surface area contributed by atoms with Crippen molar-refractivity contribution in [2.24, 2.45) is 0 Å². The number of hydrogen-bond donors (Lipinski definition) is 1. The summed E-state index contributed by atoms with van der Waals surface area (Å²) in [5.41, 5.74) is 0.998. The van der Waals surface area contributed by atoms with Crippen molar-refractivity contribution < 1.29 is 0 Å². The summed E-state index contributed by atoms with van der Waals surface area (Å²) < 4.78 is 8.06. The number of hydrogen-bond acceptors (Lipinski definition) is 4. The maximum Gasteiger partial charge on any atom is 0.0915 e. The Balaban J connectivity index is 2.62. The zero-order chi connectivity index (χ0) is 8.10. The Morgan fingerprint density at radius 3 is 3.18 bits per heavy atom. The van der Waals surface area contributed by atoms with E-state index >= 15 is 0 Å². The Morgan fingerprint density at radius 1 is 1.91 bits per heavy atom. The predicted octanol–water partition coefficient (Wildman–Crippen LogP) is 1.37. The maximum absolute atomic E-state index is 4.13. The van der Waals surface area contributed by atoms with Gasteiger partial charge in [0.25, 0.3) is 0 Å². The first kappa shape index (κ1) is 8.36. The van der Waals surface area contributed by atoms with Gasteiger partial charge < -0.3 is 5.32 Å². The Morgan fingerprint density at radius 2 is 2.73 bits per heavy atom. The van der Waals surface area contributed by atoms with Crippen molar-refractivity contribution in [3.8, 4) is 0 Å². The minimum absolute atomic E-state index is 0.270. The molecule has 1 N–H and O–H groups in total. The maximum atomic E-state index is 4.13. The second-order valence-corrected chi connectivity index (χ2v) is 2.75. The fraction of sp³-hybridized carbons (Fsp3) is 0.429. The lowest BCUT2D eigenvalue weighted by molar-refractivity contribution is 0.591. The quantitative estimate of drug-likeness (QED) is 0.692. The highest BCUT2D eigenvalue weighted by atomic mass is 32.1. The lowest BCUT2D eigenvalue weighted by Gasteiger charge is -2.08. The van der Waals surface area contributed by atoms with E-state index in [0.29, 0.717) is 0 Å². The third-order valence-corrected chi connectivity index (χ3v) is 1.98. The second kappa shape index (κ2) is 4.20. The van der Waals surface area contributed by atoms with Gasteiger partial charge in [-0.05, 0) is 13.5 Å². The smallest absolute Gasteiger partial charge is 0.0915 e. The van der Waals surface area contributed by atoms with Gasteiger partial charge in [0, 0.05) is 0 Å². The monoisotopic (exact) mass is 169 g/mol. The summed E-state index contributed by atoms with van der Waals surface area (Å²) in [5, 5.41) is 3.14. The number of nitrogens with zero attached hydrogens (tertiary/aromatic N) is 2. The molecule has 0 aromatic carbocycles. The van der Waals surface area contributed by atoms with E-state index in [1.807, 2.05) is 13.1 Å². The summed E-state index contributed by atoms with van der Waals surface area (Å²) in [6.45, 7) is 3.67. The Hall–Kier alpha value is -0.740. The minimum atomic E-state index is 0.270. The molecule has 1 unspecified atom stereocenters.